The Balaban J connectivity index is 1.53. The van der Waals surface area contributed by atoms with Crippen LogP contribution in [0.25, 0.3) is 0 Å². The average molecular weight is 359 g/mol. The zero-order valence-electron chi connectivity index (χ0n) is 14.9. The van der Waals surface area contributed by atoms with Gasteiger partial charge in [0, 0.05) is 37.9 Å². The predicted octanol–water partition coefficient (Wildman–Crippen LogP) is 1.36. The summed E-state index contributed by atoms with van der Waals surface area (Å²) < 4.78 is 14.8. The maximum Gasteiger partial charge on any atom is 0.224 e. The van der Waals surface area contributed by atoms with E-state index in [1.165, 1.54) is 12.1 Å². The fourth-order valence-electron chi connectivity index (χ4n) is 3.36. The number of hydrogen-bond donors (Lipinski definition) is 2. The van der Waals surface area contributed by atoms with E-state index in [0.29, 0.717) is 19.6 Å². The molecule has 0 aliphatic carbocycles. The number of amides is 1. The van der Waals surface area contributed by atoms with E-state index in [4.69, 9.17) is 5.73 Å². The van der Waals surface area contributed by atoms with E-state index in [-0.39, 0.29) is 17.6 Å². The number of piperidine rings is 1. The lowest BCUT2D eigenvalue weighted by Crippen LogP contribution is -2.43. The zero-order valence-corrected chi connectivity index (χ0v) is 14.9. The summed E-state index contributed by atoms with van der Waals surface area (Å²) in [5.41, 5.74) is 7.58. The minimum absolute atomic E-state index is 0.0320. The van der Waals surface area contributed by atoms with E-state index >= 15 is 0 Å². The molecular weight excluding hydrogens is 333 g/mol. The third-order valence-electron chi connectivity index (χ3n) is 4.67. The van der Waals surface area contributed by atoms with Gasteiger partial charge in [-0.3, -0.25) is 14.4 Å². The molecule has 140 valence electrons. The van der Waals surface area contributed by atoms with Gasteiger partial charge in [0.1, 0.15) is 5.82 Å². The highest BCUT2D eigenvalue weighted by Gasteiger charge is 2.25. The van der Waals surface area contributed by atoms with Gasteiger partial charge in [-0.25, -0.2) is 4.39 Å². The van der Waals surface area contributed by atoms with Crippen molar-refractivity contribution >= 4 is 5.91 Å². The number of hydrogen-bond acceptors (Lipinski definition) is 4. The highest BCUT2D eigenvalue weighted by molar-refractivity contribution is 5.78. The highest BCUT2D eigenvalue weighted by Crippen LogP contribution is 2.19. The van der Waals surface area contributed by atoms with Crippen molar-refractivity contribution in [1.29, 1.82) is 0 Å². The Morgan fingerprint density at radius 3 is 2.85 bits per heavy atom. The van der Waals surface area contributed by atoms with Gasteiger partial charge in [-0.2, -0.15) is 5.10 Å². The third-order valence-corrected chi connectivity index (χ3v) is 4.67. The predicted molar refractivity (Wildman–Crippen MR) is 97.8 cm³/mol. The fourth-order valence-corrected chi connectivity index (χ4v) is 3.36. The molecule has 6 nitrogen and oxygen atoms in total. The van der Waals surface area contributed by atoms with Crippen LogP contribution in [0, 0.1) is 11.7 Å². The first-order chi connectivity index (χ1) is 12.6. The first kappa shape index (κ1) is 18.5. The first-order valence-corrected chi connectivity index (χ1v) is 9.10. The first-order valence-electron chi connectivity index (χ1n) is 9.10. The SMILES string of the molecule is NCCNC(=O)C1CCCN(Cc2cnn(Cc3ccc(F)cc3)c2)C1. The summed E-state index contributed by atoms with van der Waals surface area (Å²) in [6.45, 7) is 4.15. The minimum atomic E-state index is -0.231. The van der Waals surface area contributed by atoms with Gasteiger partial charge in [-0.05, 0) is 37.1 Å². The Kier molecular flexibility index (Phi) is 6.35. The molecule has 1 aromatic heterocycles. The molecule has 0 radical (unpaired) electrons. The second kappa shape index (κ2) is 8.91. The van der Waals surface area contributed by atoms with Crippen LogP contribution in [-0.4, -0.2) is 46.8 Å². The molecule has 1 fully saturated rings. The molecule has 1 amide bonds. The quantitative estimate of drug-likeness (QED) is 0.783. The van der Waals surface area contributed by atoms with Crippen molar-refractivity contribution in [2.75, 3.05) is 26.2 Å². The highest BCUT2D eigenvalue weighted by atomic mass is 19.1. The lowest BCUT2D eigenvalue weighted by Gasteiger charge is -2.31. The van der Waals surface area contributed by atoms with Gasteiger partial charge in [0.25, 0.3) is 0 Å². The molecule has 1 aliphatic rings. The van der Waals surface area contributed by atoms with E-state index in [1.54, 1.807) is 12.1 Å². The molecule has 3 N–H and O–H groups in total. The lowest BCUT2D eigenvalue weighted by molar-refractivity contribution is -0.126. The summed E-state index contributed by atoms with van der Waals surface area (Å²) in [5, 5.41) is 7.29. The van der Waals surface area contributed by atoms with Crippen molar-refractivity contribution in [1.82, 2.24) is 20.0 Å². The van der Waals surface area contributed by atoms with Gasteiger partial charge in [0.05, 0.1) is 18.7 Å². The van der Waals surface area contributed by atoms with Gasteiger partial charge in [0.15, 0.2) is 0 Å². The number of aromatic nitrogens is 2. The van der Waals surface area contributed by atoms with Crippen LogP contribution in [0.5, 0.6) is 0 Å². The van der Waals surface area contributed by atoms with Gasteiger partial charge in [-0.1, -0.05) is 12.1 Å². The number of nitrogens with two attached hydrogens (primary N) is 1. The zero-order chi connectivity index (χ0) is 18.4. The number of nitrogens with zero attached hydrogens (tertiary/aromatic N) is 3. The number of carbonyl (C=O) groups excluding carboxylic acids is 1. The van der Waals surface area contributed by atoms with Crippen LogP contribution in [0.15, 0.2) is 36.7 Å². The second-order valence-corrected chi connectivity index (χ2v) is 6.83. The van der Waals surface area contributed by atoms with E-state index in [0.717, 1.165) is 43.6 Å². The minimum Gasteiger partial charge on any atom is -0.355 e. The summed E-state index contributed by atoms with van der Waals surface area (Å²) in [7, 11) is 0. The van der Waals surface area contributed by atoms with Crippen LogP contribution in [0.2, 0.25) is 0 Å². The standard InChI is InChI=1S/C19H26FN5O/c20-18-5-3-15(4-6-18)12-25-13-16(10-23-25)11-24-9-1-2-17(14-24)19(26)22-8-7-21/h3-6,10,13,17H,1-2,7-9,11-12,14,21H2,(H,22,26). The van der Waals surface area contributed by atoms with Crippen molar-refractivity contribution in [3.8, 4) is 0 Å². The molecule has 2 aromatic rings. The Labute approximate surface area is 153 Å². The molecule has 2 heterocycles. The van der Waals surface area contributed by atoms with Crippen molar-refractivity contribution < 1.29 is 9.18 Å². The topological polar surface area (TPSA) is 76.2 Å². The fraction of sp³-hybridized carbons (Fsp3) is 0.474. The van der Waals surface area contributed by atoms with Crippen LogP contribution in [0.3, 0.4) is 0 Å². The van der Waals surface area contributed by atoms with E-state index in [2.05, 4.69) is 15.3 Å². The maximum atomic E-state index is 13.0. The largest absolute Gasteiger partial charge is 0.355 e. The number of benzene rings is 1. The molecule has 1 atom stereocenters. The van der Waals surface area contributed by atoms with Crippen LogP contribution in [0.4, 0.5) is 4.39 Å². The number of rotatable bonds is 7. The number of halogens is 1. The molecular formula is C19H26FN5O. The Hall–Kier alpha value is -2.25. The molecule has 1 unspecified atom stereocenters. The van der Waals surface area contributed by atoms with Crippen LogP contribution in [-0.2, 0) is 17.9 Å². The van der Waals surface area contributed by atoms with Gasteiger partial charge in [0.2, 0.25) is 5.91 Å². The molecule has 3 rings (SSSR count). The summed E-state index contributed by atoms with van der Waals surface area (Å²) in [6, 6.07) is 6.46. The monoisotopic (exact) mass is 359 g/mol. The van der Waals surface area contributed by atoms with Crippen molar-refractivity contribution in [2.24, 2.45) is 11.7 Å². The Morgan fingerprint density at radius 2 is 2.08 bits per heavy atom. The normalized spacial score (nSPS) is 18.0. The summed E-state index contributed by atoms with van der Waals surface area (Å²) in [6.07, 6.45) is 5.82. The lowest BCUT2D eigenvalue weighted by atomic mass is 9.97. The van der Waals surface area contributed by atoms with Gasteiger partial charge < -0.3 is 11.1 Å². The van der Waals surface area contributed by atoms with Crippen LogP contribution >= 0.6 is 0 Å². The molecule has 0 saturated carbocycles. The van der Waals surface area contributed by atoms with Crippen molar-refractivity contribution in [3.05, 3.63) is 53.6 Å². The Bertz CT molecular complexity index is 715. The Morgan fingerprint density at radius 1 is 1.27 bits per heavy atom. The van der Waals surface area contributed by atoms with E-state index in [9.17, 15) is 9.18 Å². The van der Waals surface area contributed by atoms with Crippen LogP contribution < -0.4 is 11.1 Å². The molecule has 26 heavy (non-hydrogen) atoms. The number of carbonyl (C=O) groups is 1. The molecule has 7 heteroatoms. The number of likely N-dealkylation sites (tertiary alicyclic amines) is 1. The van der Waals surface area contributed by atoms with Gasteiger partial charge in [-0.15, -0.1) is 0 Å². The van der Waals surface area contributed by atoms with Crippen molar-refractivity contribution in [2.45, 2.75) is 25.9 Å². The summed E-state index contributed by atoms with van der Waals surface area (Å²) in [4.78, 5) is 14.5. The summed E-state index contributed by atoms with van der Waals surface area (Å²) in [5.74, 6) is -0.0956. The van der Waals surface area contributed by atoms with Crippen molar-refractivity contribution in [3.63, 3.8) is 0 Å². The molecule has 1 aliphatic heterocycles. The van der Waals surface area contributed by atoms with E-state index < -0.39 is 0 Å². The van der Waals surface area contributed by atoms with Gasteiger partial charge >= 0.3 is 0 Å². The molecule has 0 bridgehead atoms. The molecule has 1 aromatic carbocycles. The smallest absolute Gasteiger partial charge is 0.224 e. The average Bonchev–Trinajstić information content (AvgIpc) is 3.08. The van der Waals surface area contributed by atoms with E-state index in [1.807, 2.05) is 17.1 Å². The molecule has 0 spiro atoms. The number of nitrogens with one attached hydrogen (secondary N) is 1. The maximum absolute atomic E-state index is 13.0. The summed E-state index contributed by atoms with van der Waals surface area (Å²) >= 11 is 0. The molecule has 1 saturated heterocycles. The third kappa shape index (κ3) is 5.12. The van der Waals surface area contributed by atoms with Crippen LogP contribution in [0.1, 0.15) is 24.0 Å². The second-order valence-electron chi connectivity index (χ2n) is 6.83.